The first-order valence-corrected chi connectivity index (χ1v) is 6.70. The van der Waals surface area contributed by atoms with E-state index in [-0.39, 0.29) is 5.92 Å². The molecule has 1 nitrogen and oxygen atoms in total. The highest BCUT2D eigenvalue weighted by molar-refractivity contribution is 9.10. The molecule has 0 amide bonds. The first-order valence-electron chi connectivity index (χ1n) is 5.11. The molecule has 0 fully saturated rings. The minimum atomic E-state index is -0.212. The van der Waals surface area contributed by atoms with Gasteiger partial charge in [-0.25, -0.2) is 0 Å². The number of nitrogens with zero attached hydrogens (tertiary/aromatic N) is 1. The lowest BCUT2D eigenvalue weighted by Crippen LogP contribution is -1.97. The molecule has 2 aromatic rings. The molecule has 0 aliphatic rings. The van der Waals surface area contributed by atoms with Crippen LogP contribution in [0.25, 0.3) is 0 Å². The van der Waals surface area contributed by atoms with Gasteiger partial charge in [0.15, 0.2) is 0 Å². The number of benzene rings is 2. The Bertz CT molecular complexity index is 492. The van der Waals surface area contributed by atoms with Crippen LogP contribution < -0.4 is 0 Å². The molecule has 0 saturated heterocycles. The largest absolute Gasteiger partial charge is 0.197 e. The topological polar surface area (TPSA) is 23.8 Å². The summed E-state index contributed by atoms with van der Waals surface area (Å²) in [6.45, 7) is 0. The van der Waals surface area contributed by atoms with Gasteiger partial charge in [0.2, 0.25) is 0 Å². The number of hydrogen-bond donors (Lipinski definition) is 0. The number of hydrogen-bond acceptors (Lipinski definition) is 1. The Hall–Kier alpha value is -1.11. The van der Waals surface area contributed by atoms with E-state index in [0.29, 0.717) is 0 Å². The molecule has 0 spiro atoms. The Morgan fingerprint density at radius 2 is 1.12 bits per heavy atom. The number of rotatable bonds is 2. The summed E-state index contributed by atoms with van der Waals surface area (Å²) < 4.78 is 2.04. The van der Waals surface area contributed by atoms with Crippen molar-refractivity contribution in [3.05, 3.63) is 68.6 Å². The van der Waals surface area contributed by atoms with E-state index in [9.17, 15) is 5.26 Å². The Morgan fingerprint density at radius 1 is 0.765 bits per heavy atom. The van der Waals surface area contributed by atoms with Crippen molar-refractivity contribution < 1.29 is 0 Å². The van der Waals surface area contributed by atoms with Gasteiger partial charge in [-0.05, 0) is 35.4 Å². The molecule has 0 unspecified atom stereocenters. The Balaban J connectivity index is 2.37. The summed E-state index contributed by atoms with van der Waals surface area (Å²) in [4.78, 5) is 0. The van der Waals surface area contributed by atoms with Gasteiger partial charge in [-0.15, -0.1) is 0 Å². The monoisotopic (exact) mass is 349 g/mol. The predicted molar refractivity (Wildman–Crippen MR) is 75.7 cm³/mol. The summed E-state index contributed by atoms with van der Waals surface area (Å²) in [5, 5.41) is 9.30. The molecular formula is C14H9Br2N. The van der Waals surface area contributed by atoms with Gasteiger partial charge in [-0.1, -0.05) is 56.1 Å². The fourth-order valence-corrected chi connectivity index (χ4v) is 2.18. The molecule has 0 N–H and O–H groups in total. The lowest BCUT2D eigenvalue weighted by atomic mass is 9.93. The molecule has 84 valence electrons. The summed E-state index contributed by atoms with van der Waals surface area (Å²) in [7, 11) is 0. The molecule has 0 atom stereocenters. The second kappa shape index (κ2) is 5.48. The predicted octanol–water partition coefficient (Wildman–Crippen LogP) is 4.87. The second-order valence-corrected chi connectivity index (χ2v) is 5.50. The van der Waals surface area contributed by atoms with E-state index in [2.05, 4.69) is 37.9 Å². The summed E-state index contributed by atoms with van der Waals surface area (Å²) in [5.41, 5.74) is 2.02. The van der Waals surface area contributed by atoms with Crippen LogP contribution >= 0.6 is 31.9 Å². The van der Waals surface area contributed by atoms with E-state index < -0.39 is 0 Å². The van der Waals surface area contributed by atoms with Crippen LogP contribution in [0.15, 0.2) is 57.5 Å². The summed E-state index contributed by atoms with van der Waals surface area (Å²) in [6.07, 6.45) is 0. The van der Waals surface area contributed by atoms with E-state index in [4.69, 9.17) is 0 Å². The minimum absolute atomic E-state index is 0.212. The Labute approximate surface area is 117 Å². The van der Waals surface area contributed by atoms with Crippen molar-refractivity contribution >= 4 is 31.9 Å². The van der Waals surface area contributed by atoms with E-state index in [1.54, 1.807) is 0 Å². The fourth-order valence-electron chi connectivity index (χ4n) is 1.65. The normalized spacial score (nSPS) is 10.2. The van der Waals surface area contributed by atoms with Gasteiger partial charge in [0.25, 0.3) is 0 Å². The van der Waals surface area contributed by atoms with Crippen LogP contribution in [0.3, 0.4) is 0 Å². The number of nitriles is 1. The van der Waals surface area contributed by atoms with Crippen LogP contribution in [-0.4, -0.2) is 0 Å². The van der Waals surface area contributed by atoms with Crippen molar-refractivity contribution in [1.82, 2.24) is 0 Å². The fraction of sp³-hybridized carbons (Fsp3) is 0.0714. The second-order valence-electron chi connectivity index (χ2n) is 3.67. The zero-order valence-corrected chi connectivity index (χ0v) is 12.1. The van der Waals surface area contributed by atoms with Gasteiger partial charge in [-0.2, -0.15) is 5.26 Å². The summed E-state index contributed by atoms with van der Waals surface area (Å²) >= 11 is 6.79. The molecule has 3 heteroatoms. The average Bonchev–Trinajstić information content (AvgIpc) is 2.35. The zero-order valence-electron chi connectivity index (χ0n) is 8.90. The summed E-state index contributed by atoms with van der Waals surface area (Å²) in [5.74, 6) is -0.212. The van der Waals surface area contributed by atoms with Crippen molar-refractivity contribution in [3.63, 3.8) is 0 Å². The summed E-state index contributed by atoms with van der Waals surface area (Å²) in [6, 6.07) is 18.1. The van der Waals surface area contributed by atoms with Gasteiger partial charge in [0.1, 0.15) is 0 Å². The Kier molecular flexibility index (Phi) is 3.98. The quantitative estimate of drug-likeness (QED) is 0.758. The molecule has 0 aliphatic heterocycles. The van der Waals surface area contributed by atoms with Crippen molar-refractivity contribution in [2.24, 2.45) is 0 Å². The van der Waals surface area contributed by atoms with Gasteiger partial charge >= 0.3 is 0 Å². The van der Waals surface area contributed by atoms with E-state index in [0.717, 1.165) is 20.1 Å². The van der Waals surface area contributed by atoms with Crippen molar-refractivity contribution in [2.45, 2.75) is 5.92 Å². The first kappa shape index (κ1) is 12.3. The van der Waals surface area contributed by atoms with E-state index >= 15 is 0 Å². The molecular weight excluding hydrogens is 342 g/mol. The third-order valence-corrected chi connectivity index (χ3v) is 3.59. The third-order valence-electron chi connectivity index (χ3n) is 2.54. The maximum atomic E-state index is 9.30. The smallest absolute Gasteiger partial charge is 0.0962 e. The van der Waals surface area contributed by atoms with Crippen LogP contribution in [0.5, 0.6) is 0 Å². The maximum absolute atomic E-state index is 9.30. The highest BCUT2D eigenvalue weighted by atomic mass is 79.9. The van der Waals surface area contributed by atoms with Gasteiger partial charge < -0.3 is 0 Å². The molecule has 0 radical (unpaired) electrons. The van der Waals surface area contributed by atoms with Crippen molar-refractivity contribution in [3.8, 4) is 6.07 Å². The molecule has 17 heavy (non-hydrogen) atoms. The molecule has 0 saturated carbocycles. The standard InChI is InChI=1S/C14H9Br2N/c15-12-5-1-10(2-6-12)14(9-17)11-3-7-13(16)8-4-11/h1-8,14H. The van der Waals surface area contributed by atoms with Gasteiger partial charge in [0.05, 0.1) is 12.0 Å². The average molecular weight is 351 g/mol. The first-order chi connectivity index (χ1) is 8.20. The van der Waals surface area contributed by atoms with Crippen molar-refractivity contribution in [2.75, 3.05) is 0 Å². The molecule has 0 aliphatic carbocycles. The van der Waals surface area contributed by atoms with E-state index in [1.807, 2.05) is 48.5 Å². The molecule has 2 aromatic carbocycles. The van der Waals surface area contributed by atoms with E-state index in [1.165, 1.54) is 0 Å². The molecule has 0 bridgehead atoms. The number of halogens is 2. The lowest BCUT2D eigenvalue weighted by molar-refractivity contribution is 1.04. The Morgan fingerprint density at radius 3 is 1.41 bits per heavy atom. The molecule has 2 rings (SSSR count). The zero-order chi connectivity index (χ0) is 12.3. The van der Waals surface area contributed by atoms with Crippen LogP contribution in [0, 0.1) is 11.3 Å². The van der Waals surface area contributed by atoms with Gasteiger partial charge in [0, 0.05) is 8.95 Å². The molecule has 0 heterocycles. The van der Waals surface area contributed by atoms with Gasteiger partial charge in [-0.3, -0.25) is 0 Å². The van der Waals surface area contributed by atoms with Crippen molar-refractivity contribution in [1.29, 1.82) is 5.26 Å². The van der Waals surface area contributed by atoms with Crippen LogP contribution in [0.2, 0.25) is 0 Å². The molecule has 0 aromatic heterocycles. The lowest BCUT2D eigenvalue weighted by Gasteiger charge is -2.10. The maximum Gasteiger partial charge on any atom is 0.0962 e. The minimum Gasteiger partial charge on any atom is -0.197 e. The SMILES string of the molecule is N#CC(c1ccc(Br)cc1)c1ccc(Br)cc1. The highest BCUT2D eigenvalue weighted by Gasteiger charge is 2.12. The third kappa shape index (κ3) is 2.96. The van der Waals surface area contributed by atoms with Crippen LogP contribution in [-0.2, 0) is 0 Å². The van der Waals surface area contributed by atoms with Crippen LogP contribution in [0.4, 0.5) is 0 Å². The highest BCUT2D eigenvalue weighted by Crippen LogP contribution is 2.26. The van der Waals surface area contributed by atoms with Crippen LogP contribution in [0.1, 0.15) is 17.0 Å².